The molecule has 5 nitrogen and oxygen atoms in total. The summed E-state index contributed by atoms with van der Waals surface area (Å²) < 4.78 is 0. The fourth-order valence-corrected chi connectivity index (χ4v) is 2.97. The van der Waals surface area contributed by atoms with Crippen molar-refractivity contribution in [1.29, 1.82) is 0 Å². The van der Waals surface area contributed by atoms with Gasteiger partial charge < -0.3 is 4.90 Å². The molecule has 5 heteroatoms. The Hall–Kier alpha value is -2.27. The number of nitrogens with zero attached hydrogens (tertiary/aromatic N) is 5. The summed E-state index contributed by atoms with van der Waals surface area (Å²) in [7, 11) is 4.18. The van der Waals surface area contributed by atoms with Gasteiger partial charge in [0.1, 0.15) is 6.04 Å². The van der Waals surface area contributed by atoms with E-state index < -0.39 is 0 Å². The van der Waals surface area contributed by atoms with Crippen molar-refractivity contribution in [2.24, 2.45) is 0 Å². The van der Waals surface area contributed by atoms with Crippen LogP contribution in [0.25, 0.3) is 10.8 Å². The van der Waals surface area contributed by atoms with E-state index >= 15 is 0 Å². The van der Waals surface area contributed by atoms with Crippen molar-refractivity contribution in [2.45, 2.75) is 26.3 Å². The number of aromatic nitrogens is 4. The van der Waals surface area contributed by atoms with E-state index in [2.05, 4.69) is 77.7 Å². The zero-order valence-corrected chi connectivity index (χ0v) is 14.2. The highest BCUT2D eigenvalue weighted by Gasteiger charge is 2.19. The molecule has 0 fully saturated rings. The molecule has 0 spiro atoms. The highest BCUT2D eigenvalue weighted by molar-refractivity contribution is 5.88. The van der Waals surface area contributed by atoms with Crippen molar-refractivity contribution in [3.05, 3.63) is 53.3 Å². The second kappa shape index (κ2) is 6.46. The van der Waals surface area contributed by atoms with Crippen molar-refractivity contribution in [3.63, 3.8) is 0 Å². The molecular formula is C18H23N5. The average molecular weight is 309 g/mol. The van der Waals surface area contributed by atoms with Crippen LogP contribution in [0.3, 0.4) is 0 Å². The van der Waals surface area contributed by atoms with Crippen molar-refractivity contribution in [1.82, 2.24) is 25.1 Å². The summed E-state index contributed by atoms with van der Waals surface area (Å²) >= 11 is 0. The minimum Gasteiger partial charge on any atom is -0.309 e. The Bertz CT molecular complexity index is 806. The Balaban J connectivity index is 2.11. The van der Waals surface area contributed by atoms with E-state index in [1.54, 1.807) is 4.80 Å². The molecule has 0 amide bonds. The topological polar surface area (TPSA) is 46.8 Å². The maximum Gasteiger partial charge on any atom is 0.171 e. The third-order valence-electron chi connectivity index (χ3n) is 4.19. The molecule has 1 heterocycles. The lowest BCUT2D eigenvalue weighted by atomic mass is 9.94. The summed E-state index contributed by atoms with van der Waals surface area (Å²) in [4.78, 5) is 3.95. The molecule has 3 rings (SSSR count). The van der Waals surface area contributed by atoms with Gasteiger partial charge in [-0.25, -0.2) is 0 Å². The molecule has 1 atom stereocenters. The molecule has 0 saturated heterocycles. The first-order valence-corrected chi connectivity index (χ1v) is 7.95. The van der Waals surface area contributed by atoms with Gasteiger partial charge in [0.05, 0.1) is 0 Å². The molecule has 0 bridgehead atoms. The minimum absolute atomic E-state index is 0.0871. The van der Waals surface area contributed by atoms with Crippen LogP contribution < -0.4 is 0 Å². The Labute approximate surface area is 136 Å². The average Bonchev–Trinajstić information content (AvgIpc) is 2.96. The molecule has 1 unspecified atom stereocenters. The van der Waals surface area contributed by atoms with E-state index in [0.29, 0.717) is 5.82 Å². The molecule has 0 aliphatic rings. The monoisotopic (exact) mass is 309 g/mol. The molecule has 1 aromatic heterocycles. The van der Waals surface area contributed by atoms with E-state index in [0.717, 1.165) is 13.0 Å². The maximum absolute atomic E-state index is 4.47. The molecule has 23 heavy (non-hydrogen) atoms. The molecule has 0 N–H and O–H groups in total. The van der Waals surface area contributed by atoms with Crippen molar-refractivity contribution in [3.8, 4) is 0 Å². The van der Waals surface area contributed by atoms with Gasteiger partial charge in [-0.05, 0) is 68.0 Å². The lowest BCUT2D eigenvalue weighted by molar-refractivity contribution is 0.340. The molecule has 0 saturated carbocycles. The van der Waals surface area contributed by atoms with Gasteiger partial charge >= 0.3 is 0 Å². The summed E-state index contributed by atoms with van der Waals surface area (Å²) in [5.41, 5.74) is 2.55. The number of rotatable bonds is 5. The minimum atomic E-state index is 0.0871. The summed E-state index contributed by atoms with van der Waals surface area (Å²) in [6, 6.07) is 13.0. The zero-order chi connectivity index (χ0) is 16.4. The number of fused-ring (bicyclic) bond motifs is 1. The van der Waals surface area contributed by atoms with Gasteiger partial charge in [-0.3, -0.25) is 0 Å². The van der Waals surface area contributed by atoms with Gasteiger partial charge in [-0.15, -0.1) is 10.2 Å². The van der Waals surface area contributed by atoms with Crippen LogP contribution in [0.2, 0.25) is 0 Å². The summed E-state index contributed by atoms with van der Waals surface area (Å²) in [5, 5.41) is 15.3. The van der Waals surface area contributed by atoms with Gasteiger partial charge in [-0.1, -0.05) is 36.4 Å². The molecule has 2 aromatic carbocycles. The summed E-state index contributed by atoms with van der Waals surface area (Å²) in [6.45, 7) is 4.99. The highest BCUT2D eigenvalue weighted by Crippen LogP contribution is 2.30. The van der Waals surface area contributed by atoms with Crippen molar-refractivity contribution < 1.29 is 0 Å². The first-order valence-electron chi connectivity index (χ1n) is 7.95. The van der Waals surface area contributed by atoms with Gasteiger partial charge in [0.25, 0.3) is 0 Å². The lowest BCUT2D eigenvalue weighted by Gasteiger charge is -2.20. The van der Waals surface area contributed by atoms with Crippen LogP contribution in [0, 0.1) is 13.8 Å². The van der Waals surface area contributed by atoms with Crippen LogP contribution in [0.1, 0.15) is 29.4 Å². The number of aryl methyl sites for hydroxylation is 2. The Morgan fingerprint density at radius 3 is 2.43 bits per heavy atom. The first kappa shape index (κ1) is 15.6. The summed E-state index contributed by atoms with van der Waals surface area (Å²) in [5.74, 6) is 0.705. The lowest BCUT2D eigenvalue weighted by Crippen LogP contribution is -2.21. The fourth-order valence-electron chi connectivity index (χ4n) is 2.97. The van der Waals surface area contributed by atoms with E-state index in [1.807, 2.05) is 6.92 Å². The van der Waals surface area contributed by atoms with E-state index in [9.17, 15) is 0 Å². The zero-order valence-electron chi connectivity index (χ0n) is 14.2. The Morgan fingerprint density at radius 1 is 1.04 bits per heavy atom. The van der Waals surface area contributed by atoms with Gasteiger partial charge in [-0.2, -0.15) is 4.80 Å². The molecule has 0 radical (unpaired) electrons. The largest absolute Gasteiger partial charge is 0.309 e. The molecule has 120 valence electrons. The first-order chi connectivity index (χ1) is 11.1. The predicted molar refractivity (Wildman–Crippen MR) is 92.5 cm³/mol. The quantitative estimate of drug-likeness (QED) is 0.727. The third kappa shape index (κ3) is 3.24. The number of benzene rings is 2. The number of tetrazole rings is 1. The van der Waals surface area contributed by atoms with Crippen LogP contribution in [-0.2, 0) is 0 Å². The molecular weight excluding hydrogens is 286 g/mol. The van der Waals surface area contributed by atoms with E-state index in [1.165, 1.54) is 21.9 Å². The normalized spacial score (nSPS) is 12.9. The summed E-state index contributed by atoms with van der Waals surface area (Å²) in [6.07, 6.45) is 0.940. The van der Waals surface area contributed by atoms with Gasteiger partial charge in [0.2, 0.25) is 0 Å². The highest BCUT2D eigenvalue weighted by atomic mass is 15.6. The van der Waals surface area contributed by atoms with Crippen LogP contribution >= 0.6 is 0 Å². The van der Waals surface area contributed by atoms with Gasteiger partial charge in [0.15, 0.2) is 5.82 Å². The fraction of sp³-hybridized carbons (Fsp3) is 0.389. The number of hydrogen-bond acceptors (Lipinski definition) is 4. The number of hydrogen-bond donors (Lipinski definition) is 0. The third-order valence-corrected chi connectivity index (χ3v) is 4.19. The smallest absolute Gasteiger partial charge is 0.171 e. The second-order valence-corrected chi connectivity index (χ2v) is 6.28. The van der Waals surface area contributed by atoms with Crippen molar-refractivity contribution in [2.75, 3.05) is 20.6 Å². The second-order valence-electron chi connectivity index (χ2n) is 6.28. The standard InChI is InChI=1S/C18H23N5/c1-13-9-10-17(16-8-6-5-7-15(13)16)18(11-12-22(3)4)23-20-14(2)19-21-23/h5-10,18H,11-12H2,1-4H3. The maximum atomic E-state index is 4.47. The SMILES string of the molecule is Cc1nnn(C(CCN(C)C)c2ccc(C)c3ccccc23)n1. The molecule has 3 aromatic rings. The van der Waals surface area contributed by atoms with Crippen molar-refractivity contribution >= 4 is 10.8 Å². The van der Waals surface area contributed by atoms with Crippen LogP contribution in [0.4, 0.5) is 0 Å². The van der Waals surface area contributed by atoms with Gasteiger partial charge in [0, 0.05) is 0 Å². The van der Waals surface area contributed by atoms with Crippen LogP contribution in [0.15, 0.2) is 36.4 Å². The Kier molecular flexibility index (Phi) is 4.39. The Morgan fingerprint density at radius 2 is 1.78 bits per heavy atom. The van der Waals surface area contributed by atoms with Crippen LogP contribution in [-0.4, -0.2) is 45.7 Å². The molecule has 0 aliphatic heterocycles. The molecule has 0 aliphatic carbocycles. The predicted octanol–water partition coefficient (Wildman–Crippen LogP) is 2.98. The van der Waals surface area contributed by atoms with E-state index in [4.69, 9.17) is 0 Å². The van der Waals surface area contributed by atoms with E-state index in [-0.39, 0.29) is 6.04 Å². The van der Waals surface area contributed by atoms with Crippen LogP contribution in [0.5, 0.6) is 0 Å².